The molecule has 8 heteroatoms. The highest BCUT2D eigenvalue weighted by atomic mass is 32.1. The molecule has 0 aliphatic rings. The Labute approximate surface area is 141 Å². The van der Waals surface area contributed by atoms with E-state index in [9.17, 15) is 18.0 Å². The van der Waals surface area contributed by atoms with Crippen molar-refractivity contribution in [3.63, 3.8) is 0 Å². The van der Waals surface area contributed by atoms with Gasteiger partial charge in [-0.3, -0.25) is 4.79 Å². The molecule has 0 fully saturated rings. The Morgan fingerprint density at radius 2 is 2.00 bits per heavy atom. The molecule has 1 heterocycles. The smallest absolute Gasteiger partial charge is 0.416 e. The van der Waals surface area contributed by atoms with E-state index >= 15 is 0 Å². The first-order valence-corrected chi connectivity index (χ1v) is 8.21. The average Bonchev–Trinajstić information content (AvgIpc) is 3.01. The quantitative estimate of drug-likeness (QED) is 0.850. The highest BCUT2D eigenvalue weighted by Gasteiger charge is 2.30. The van der Waals surface area contributed by atoms with Crippen LogP contribution in [-0.4, -0.2) is 17.5 Å². The predicted molar refractivity (Wildman–Crippen MR) is 85.0 cm³/mol. The van der Waals surface area contributed by atoms with Crippen molar-refractivity contribution < 1.29 is 22.7 Å². The summed E-state index contributed by atoms with van der Waals surface area (Å²) >= 11 is 1.53. The molecule has 0 spiro atoms. The van der Waals surface area contributed by atoms with Gasteiger partial charge in [0, 0.05) is 5.38 Å². The molecule has 1 unspecified atom stereocenters. The van der Waals surface area contributed by atoms with E-state index < -0.39 is 11.7 Å². The summed E-state index contributed by atoms with van der Waals surface area (Å²) < 4.78 is 42.6. The molecule has 2 aromatic rings. The Morgan fingerprint density at radius 1 is 1.33 bits per heavy atom. The Bertz CT molecular complexity index is 683. The summed E-state index contributed by atoms with van der Waals surface area (Å²) in [6.45, 7) is 3.54. The lowest BCUT2D eigenvalue weighted by Crippen LogP contribution is -2.31. The van der Waals surface area contributed by atoms with Crippen molar-refractivity contribution in [2.45, 2.75) is 32.5 Å². The van der Waals surface area contributed by atoms with E-state index in [4.69, 9.17) is 4.74 Å². The van der Waals surface area contributed by atoms with Gasteiger partial charge in [0.2, 0.25) is 0 Å². The average molecular weight is 358 g/mol. The number of nitrogens with one attached hydrogen (secondary N) is 1. The normalized spacial score (nSPS) is 12.7. The number of aromatic nitrogens is 1. The van der Waals surface area contributed by atoms with Gasteiger partial charge < -0.3 is 10.1 Å². The van der Waals surface area contributed by atoms with Crippen LogP contribution in [0.5, 0.6) is 5.75 Å². The summed E-state index contributed by atoms with van der Waals surface area (Å²) in [5.74, 6) is -0.166. The number of benzene rings is 1. The molecule has 2 rings (SSSR count). The molecule has 0 aliphatic carbocycles. The first-order valence-electron chi connectivity index (χ1n) is 7.33. The molecule has 0 bridgehead atoms. The lowest BCUT2D eigenvalue weighted by Gasteiger charge is -2.13. The van der Waals surface area contributed by atoms with Gasteiger partial charge in [-0.05, 0) is 37.6 Å². The largest absolute Gasteiger partial charge is 0.484 e. The maximum absolute atomic E-state index is 12.5. The van der Waals surface area contributed by atoms with Crippen molar-refractivity contribution in [3.05, 3.63) is 45.9 Å². The van der Waals surface area contributed by atoms with Crippen molar-refractivity contribution in [2.24, 2.45) is 0 Å². The molecule has 1 aromatic carbocycles. The number of amides is 1. The summed E-state index contributed by atoms with van der Waals surface area (Å²) in [6, 6.07) is 3.95. The number of hydrogen-bond acceptors (Lipinski definition) is 4. The van der Waals surface area contributed by atoms with Crippen LogP contribution in [0.25, 0.3) is 0 Å². The van der Waals surface area contributed by atoms with E-state index in [0.717, 1.165) is 29.3 Å². The van der Waals surface area contributed by atoms with Crippen LogP contribution in [0, 0.1) is 0 Å². The van der Waals surface area contributed by atoms with Gasteiger partial charge in [0.15, 0.2) is 6.61 Å². The second-order valence-corrected chi connectivity index (χ2v) is 6.06. The number of halogens is 3. The lowest BCUT2D eigenvalue weighted by atomic mass is 10.2. The third-order valence-corrected chi connectivity index (χ3v) is 4.26. The van der Waals surface area contributed by atoms with Crippen LogP contribution in [0.15, 0.2) is 29.6 Å². The summed E-state index contributed by atoms with van der Waals surface area (Å²) in [5.41, 5.74) is 0.0166. The number of hydrogen-bond donors (Lipinski definition) is 1. The zero-order chi connectivity index (χ0) is 17.7. The second kappa shape index (κ2) is 7.65. The molecule has 4 nitrogen and oxygen atoms in total. The van der Waals surface area contributed by atoms with Gasteiger partial charge in [0.25, 0.3) is 5.91 Å². The molecule has 1 aromatic heterocycles. The van der Waals surface area contributed by atoms with Gasteiger partial charge in [-0.15, -0.1) is 11.3 Å². The number of rotatable bonds is 6. The van der Waals surface area contributed by atoms with E-state index in [1.54, 1.807) is 0 Å². The van der Waals surface area contributed by atoms with E-state index in [1.165, 1.54) is 23.5 Å². The summed E-state index contributed by atoms with van der Waals surface area (Å²) in [5, 5.41) is 5.62. The number of thiazole rings is 1. The fourth-order valence-electron chi connectivity index (χ4n) is 1.93. The minimum absolute atomic E-state index is 0.202. The van der Waals surface area contributed by atoms with E-state index in [0.29, 0.717) is 0 Å². The third kappa shape index (κ3) is 4.95. The Hall–Kier alpha value is -2.09. The Balaban J connectivity index is 1.84. The minimum Gasteiger partial charge on any atom is -0.484 e. The van der Waals surface area contributed by atoms with Crippen molar-refractivity contribution in [3.8, 4) is 5.75 Å². The van der Waals surface area contributed by atoms with Gasteiger partial charge in [-0.25, -0.2) is 4.98 Å². The van der Waals surface area contributed by atoms with Crippen LogP contribution in [0.3, 0.4) is 0 Å². The number of nitrogens with zero attached hydrogens (tertiary/aromatic N) is 1. The SMILES string of the molecule is CCc1nc(C(C)NC(=O)COc2ccc(C(F)(F)F)cc2)cs1. The number of alkyl halides is 3. The van der Waals surface area contributed by atoms with Crippen molar-refractivity contribution in [2.75, 3.05) is 6.61 Å². The van der Waals surface area contributed by atoms with Crippen LogP contribution < -0.4 is 10.1 Å². The van der Waals surface area contributed by atoms with E-state index in [-0.39, 0.29) is 24.3 Å². The maximum atomic E-state index is 12.5. The number of carbonyl (C=O) groups is 1. The van der Waals surface area contributed by atoms with Crippen LogP contribution in [-0.2, 0) is 17.4 Å². The van der Waals surface area contributed by atoms with Gasteiger partial charge in [-0.2, -0.15) is 13.2 Å². The van der Waals surface area contributed by atoms with Crippen LogP contribution in [0.2, 0.25) is 0 Å². The van der Waals surface area contributed by atoms with Gasteiger partial charge in [0.05, 0.1) is 22.3 Å². The standard InChI is InChI=1S/C16H17F3N2O2S/c1-3-15-21-13(9-24-15)10(2)20-14(22)8-23-12-6-4-11(5-7-12)16(17,18)19/h4-7,9-10H,3,8H2,1-2H3,(H,20,22). The van der Waals surface area contributed by atoms with Gasteiger partial charge in [-0.1, -0.05) is 6.92 Å². The van der Waals surface area contributed by atoms with Crippen LogP contribution in [0.4, 0.5) is 13.2 Å². The molecule has 0 aliphatic heterocycles. The maximum Gasteiger partial charge on any atom is 0.416 e. The zero-order valence-corrected chi connectivity index (χ0v) is 14.0. The molecule has 0 saturated heterocycles. The Morgan fingerprint density at radius 3 is 2.54 bits per heavy atom. The minimum atomic E-state index is -4.39. The topological polar surface area (TPSA) is 51.2 Å². The molecule has 0 radical (unpaired) electrons. The molecular weight excluding hydrogens is 341 g/mol. The molecule has 0 saturated carbocycles. The first kappa shape index (κ1) is 18.3. The zero-order valence-electron chi connectivity index (χ0n) is 13.2. The first-order chi connectivity index (χ1) is 11.3. The number of ether oxygens (including phenoxy) is 1. The highest BCUT2D eigenvalue weighted by molar-refractivity contribution is 7.09. The summed E-state index contributed by atoms with van der Waals surface area (Å²) in [7, 11) is 0. The number of aryl methyl sites for hydroxylation is 1. The Kier molecular flexibility index (Phi) is 5.82. The van der Waals surface area contributed by atoms with Crippen molar-refractivity contribution >= 4 is 17.2 Å². The second-order valence-electron chi connectivity index (χ2n) is 5.12. The van der Waals surface area contributed by atoms with Crippen LogP contribution >= 0.6 is 11.3 Å². The molecule has 1 N–H and O–H groups in total. The summed E-state index contributed by atoms with van der Waals surface area (Å²) in [4.78, 5) is 16.3. The molecule has 130 valence electrons. The fraction of sp³-hybridized carbons (Fsp3) is 0.375. The highest BCUT2D eigenvalue weighted by Crippen LogP contribution is 2.30. The fourth-order valence-corrected chi connectivity index (χ4v) is 2.77. The summed E-state index contributed by atoms with van der Waals surface area (Å²) in [6.07, 6.45) is -3.56. The van der Waals surface area contributed by atoms with Crippen LogP contribution in [0.1, 0.15) is 36.2 Å². The monoisotopic (exact) mass is 358 g/mol. The van der Waals surface area contributed by atoms with Gasteiger partial charge in [0.1, 0.15) is 5.75 Å². The van der Waals surface area contributed by atoms with E-state index in [1.807, 2.05) is 19.2 Å². The lowest BCUT2D eigenvalue weighted by molar-refractivity contribution is -0.137. The van der Waals surface area contributed by atoms with E-state index in [2.05, 4.69) is 10.3 Å². The number of carbonyl (C=O) groups excluding carboxylic acids is 1. The predicted octanol–water partition coefficient (Wildman–Crippen LogP) is 3.98. The third-order valence-electron chi connectivity index (χ3n) is 3.24. The molecule has 1 amide bonds. The van der Waals surface area contributed by atoms with Gasteiger partial charge >= 0.3 is 6.18 Å². The molecule has 24 heavy (non-hydrogen) atoms. The molecule has 1 atom stereocenters. The van der Waals surface area contributed by atoms with Crippen molar-refractivity contribution in [1.82, 2.24) is 10.3 Å². The molecular formula is C16H17F3N2O2S. The van der Waals surface area contributed by atoms with Crippen molar-refractivity contribution in [1.29, 1.82) is 0 Å².